The van der Waals surface area contributed by atoms with Crippen LogP contribution >= 0.6 is 11.6 Å². The van der Waals surface area contributed by atoms with Crippen molar-refractivity contribution in [2.24, 2.45) is 11.8 Å². The molecule has 2 fully saturated rings. The number of allylic oxidation sites excluding steroid dienone is 6. The summed E-state index contributed by atoms with van der Waals surface area (Å²) in [5, 5.41) is 9.26. The minimum Gasteiger partial charge on any atom is -0.344 e. The second-order valence-corrected chi connectivity index (χ2v) is 18.6. The van der Waals surface area contributed by atoms with Gasteiger partial charge in [-0.2, -0.15) is 0 Å². The van der Waals surface area contributed by atoms with Gasteiger partial charge in [0.2, 0.25) is 0 Å². The van der Waals surface area contributed by atoms with Crippen molar-refractivity contribution in [3.05, 3.63) is 118 Å². The fourth-order valence-corrected chi connectivity index (χ4v) is 11.2. The number of halogens is 1. The second-order valence-electron chi connectivity index (χ2n) is 18.2. The maximum atomic E-state index is 7.61. The molecule has 2 saturated carbocycles. The summed E-state index contributed by atoms with van der Waals surface area (Å²) < 4.78 is 0. The zero-order valence-corrected chi connectivity index (χ0v) is 34.4. The lowest BCUT2D eigenvalue weighted by Gasteiger charge is -2.38. The number of nitrogens with two attached hydrogens (primary N) is 1. The number of benzene rings is 4. The first kappa shape index (κ1) is 37.6. The van der Waals surface area contributed by atoms with Gasteiger partial charge >= 0.3 is 0 Å². The van der Waals surface area contributed by atoms with E-state index in [4.69, 9.17) is 11.6 Å². The lowest BCUT2D eigenvalue weighted by Crippen LogP contribution is -2.79. The number of anilines is 1. The summed E-state index contributed by atoms with van der Waals surface area (Å²) in [7, 11) is 0. The minimum absolute atomic E-state index is 0.0606. The van der Waals surface area contributed by atoms with Crippen LogP contribution in [0.15, 0.2) is 107 Å². The van der Waals surface area contributed by atoms with Gasteiger partial charge in [-0.3, -0.25) is 0 Å². The minimum atomic E-state index is 0.0606. The van der Waals surface area contributed by atoms with Gasteiger partial charge in [-0.15, -0.1) is 0 Å². The van der Waals surface area contributed by atoms with Gasteiger partial charge in [0.1, 0.15) is 5.69 Å². The summed E-state index contributed by atoms with van der Waals surface area (Å²) in [6, 6.07) is 27.9. The predicted octanol–water partition coefficient (Wildman–Crippen LogP) is 13.7. The van der Waals surface area contributed by atoms with Crippen LogP contribution in [0.25, 0.3) is 21.5 Å². The number of rotatable bonds is 11. The zero-order valence-electron chi connectivity index (χ0n) is 33.7. The second kappa shape index (κ2) is 16.0. The summed E-state index contributed by atoms with van der Waals surface area (Å²) in [4.78, 5) is 2.74. The first-order valence-electron chi connectivity index (χ1n) is 21.8. The highest BCUT2D eigenvalue weighted by Gasteiger charge is 2.48. The topological polar surface area (TPSA) is 19.9 Å². The van der Waals surface area contributed by atoms with Gasteiger partial charge in [-0.05, 0) is 132 Å². The third kappa shape index (κ3) is 7.12. The molecule has 0 atom stereocenters. The molecule has 1 heterocycles. The highest BCUT2D eigenvalue weighted by molar-refractivity contribution is 6.33. The molecule has 8 rings (SSSR count). The molecule has 0 aromatic heterocycles. The van der Waals surface area contributed by atoms with Gasteiger partial charge in [-0.1, -0.05) is 138 Å². The number of hydrogen-bond acceptors (Lipinski definition) is 1. The van der Waals surface area contributed by atoms with E-state index in [1.807, 2.05) is 0 Å². The number of quaternary nitrogens is 1. The molecule has 0 saturated heterocycles. The molecule has 3 aliphatic carbocycles. The molecule has 0 bridgehead atoms. The van der Waals surface area contributed by atoms with Crippen LogP contribution < -0.4 is 10.2 Å². The number of nitrogens with zero attached hydrogens (tertiary/aromatic N) is 1. The van der Waals surface area contributed by atoms with E-state index in [0.29, 0.717) is 11.8 Å². The fraction of sp³-hybridized carbons (Fsp3) is 0.490. The highest BCUT2D eigenvalue weighted by atomic mass is 35.5. The Hall–Kier alpha value is -3.33. The fourth-order valence-electron chi connectivity index (χ4n) is 10.9. The molecule has 1 spiro atoms. The Morgan fingerprint density at radius 2 is 1.33 bits per heavy atom. The molecule has 0 unspecified atom stereocenters. The van der Waals surface area contributed by atoms with Crippen molar-refractivity contribution >= 4 is 44.5 Å². The maximum Gasteiger partial charge on any atom is 0.134 e. The molecular formula is C51H64ClN2+. The van der Waals surface area contributed by atoms with Gasteiger partial charge in [0.05, 0.1) is 6.54 Å². The van der Waals surface area contributed by atoms with E-state index in [-0.39, 0.29) is 10.8 Å². The van der Waals surface area contributed by atoms with Gasteiger partial charge in [0, 0.05) is 39.4 Å². The van der Waals surface area contributed by atoms with Crippen LogP contribution in [0.3, 0.4) is 0 Å². The lowest BCUT2D eigenvalue weighted by atomic mass is 9.65. The van der Waals surface area contributed by atoms with Crippen molar-refractivity contribution in [1.29, 1.82) is 0 Å². The van der Waals surface area contributed by atoms with Gasteiger partial charge in [-0.25, -0.2) is 0 Å². The monoisotopic (exact) mass is 739 g/mol. The third-order valence-electron chi connectivity index (χ3n) is 13.8. The van der Waals surface area contributed by atoms with E-state index < -0.39 is 0 Å². The van der Waals surface area contributed by atoms with Gasteiger partial charge in [0.25, 0.3) is 0 Å². The average molecular weight is 741 g/mol. The van der Waals surface area contributed by atoms with Crippen molar-refractivity contribution in [3.63, 3.8) is 0 Å². The van der Waals surface area contributed by atoms with Crippen LogP contribution in [0, 0.1) is 11.8 Å². The molecule has 2 N–H and O–H groups in total. The molecule has 1 aliphatic heterocycles. The molecular weight excluding hydrogens is 676 g/mol. The number of hydrogen-bond donors (Lipinski definition) is 1. The molecule has 4 aromatic rings. The first-order valence-corrected chi connectivity index (χ1v) is 22.1. The van der Waals surface area contributed by atoms with Crippen molar-refractivity contribution in [2.75, 3.05) is 18.0 Å². The SMILES string of the molecule is CC(C)CC[NH2+]c1ccc2ccccc2c1C1(C/C=C2\CCC(C=C3N(CCC(C)C)c4ccc5ccccc5c4C34CCCCC4)=C2Cl)CCCCC1. The normalized spacial score (nSPS) is 21.2. The third-order valence-corrected chi connectivity index (χ3v) is 14.3. The Morgan fingerprint density at radius 3 is 2.02 bits per heavy atom. The quantitative estimate of drug-likeness (QED) is 0.152. The summed E-state index contributed by atoms with van der Waals surface area (Å²) >= 11 is 7.61. The molecule has 2 nitrogen and oxygen atoms in total. The van der Waals surface area contributed by atoms with E-state index in [0.717, 1.165) is 37.4 Å². The van der Waals surface area contributed by atoms with E-state index in [1.165, 1.54) is 127 Å². The molecule has 0 radical (unpaired) electrons. The van der Waals surface area contributed by atoms with Gasteiger partial charge in [0.15, 0.2) is 0 Å². The summed E-state index contributed by atoms with van der Waals surface area (Å²) in [5.41, 5.74) is 10.6. The van der Waals surface area contributed by atoms with E-state index in [2.05, 4.69) is 123 Å². The van der Waals surface area contributed by atoms with Crippen LogP contribution in [-0.4, -0.2) is 13.1 Å². The van der Waals surface area contributed by atoms with Crippen LogP contribution in [0.1, 0.15) is 135 Å². The van der Waals surface area contributed by atoms with Crippen LogP contribution in [0.5, 0.6) is 0 Å². The Labute approximate surface area is 331 Å². The van der Waals surface area contributed by atoms with E-state index in [9.17, 15) is 0 Å². The number of fused-ring (bicyclic) bond motifs is 5. The van der Waals surface area contributed by atoms with Crippen molar-refractivity contribution in [1.82, 2.24) is 0 Å². The standard InChI is InChI=1S/C51H63ClN2/c1-36(2)26-33-53-44-23-21-38-15-7-9-17-42(38)47(44)50(28-11-5-12-29-50)32-25-40-19-20-41(49(40)52)35-46-51(30-13-6-14-31-51)48-43-18-10-8-16-39(43)22-24-45(48)54(46)34-27-37(3)4/h7-10,15-18,21-25,35-37,53H,5-6,11-14,19-20,26-34H2,1-4H3/p+1/b40-25+,46-35?. The molecule has 284 valence electrons. The largest absolute Gasteiger partial charge is 0.344 e. The Kier molecular flexibility index (Phi) is 11.2. The first-order chi connectivity index (χ1) is 26.3. The molecule has 54 heavy (non-hydrogen) atoms. The molecule has 4 aliphatic rings. The summed E-state index contributed by atoms with van der Waals surface area (Å²) in [6.07, 6.45) is 23.7. The van der Waals surface area contributed by atoms with Gasteiger partial charge < -0.3 is 10.2 Å². The van der Waals surface area contributed by atoms with Crippen LogP contribution in [0.2, 0.25) is 0 Å². The Balaban J connectivity index is 1.19. The van der Waals surface area contributed by atoms with Crippen molar-refractivity contribution < 1.29 is 5.32 Å². The lowest BCUT2D eigenvalue weighted by molar-refractivity contribution is -0.573. The van der Waals surface area contributed by atoms with Crippen molar-refractivity contribution in [2.45, 2.75) is 135 Å². The Bertz CT molecular complexity index is 2070. The van der Waals surface area contributed by atoms with E-state index >= 15 is 0 Å². The van der Waals surface area contributed by atoms with E-state index in [1.54, 1.807) is 11.1 Å². The molecule has 3 heteroatoms. The Morgan fingerprint density at radius 1 is 0.704 bits per heavy atom. The summed E-state index contributed by atoms with van der Waals surface area (Å²) in [5.74, 6) is 1.37. The highest BCUT2D eigenvalue weighted by Crippen LogP contribution is 2.58. The van der Waals surface area contributed by atoms with Crippen LogP contribution in [0.4, 0.5) is 11.4 Å². The predicted molar refractivity (Wildman–Crippen MR) is 233 cm³/mol. The summed E-state index contributed by atoms with van der Waals surface area (Å²) in [6.45, 7) is 11.6. The maximum absolute atomic E-state index is 7.61. The smallest absolute Gasteiger partial charge is 0.134 e. The average Bonchev–Trinajstić information content (AvgIpc) is 3.66. The van der Waals surface area contributed by atoms with Crippen LogP contribution in [-0.2, 0) is 10.8 Å². The zero-order chi connectivity index (χ0) is 37.3. The molecule has 4 aromatic carbocycles. The molecule has 0 amide bonds. The van der Waals surface area contributed by atoms with Crippen molar-refractivity contribution in [3.8, 4) is 0 Å².